The maximum absolute atomic E-state index is 12.3. The van der Waals surface area contributed by atoms with Gasteiger partial charge in [-0.3, -0.25) is 4.79 Å². The Labute approximate surface area is 123 Å². The Morgan fingerprint density at radius 3 is 2.86 bits per heavy atom. The fraction of sp³-hybridized carbons (Fsp3) is 0.389. The Morgan fingerprint density at radius 1 is 1.19 bits per heavy atom. The minimum absolute atomic E-state index is 0.128. The lowest BCUT2D eigenvalue weighted by atomic mass is 9.75. The number of benzene rings is 2. The fourth-order valence-corrected chi connectivity index (χ4v) is 4.02. The zero-order valence-corrected chi connectivity index (χ0v) is 11.8. The van der Waals surface area contributed by atoms with E-state index in [-0.39, 0.29) is 18.0 Å². The van der Waals surface area contributed by atoms with Crippen molar-refractivity contribution in [2.45, 2.75) is 25.4 Å². The van der Waals surface area contributed by atoms with E-state index in [9.17, 15) is 9.90 Å². The zero-order valence-electron chi connectivity index (χ0n) is 11.8. The number of hydrogen-bond donors (Lipinski definition) is 1. The summed E-state index contributed by atoms with van der Waals surface area (Å²) in [5.41, 5.74) is 0.633. The van der Waals surface area contributed by atoms with E-state index in [0.29, 0.717) is 25.9 Å². The summed E-state index contributed by atoms with van der Waals surface area (Å²) >= 11 is 0. The van der Waals surface area contributed by atoms with Crippen molar-refractivity contribution in [3.05, 3.63) is 48.0 Å². The van der Waals surface area contributed by atoms with Crippen molar-refractivity contribution in [1.82, 2.24) is 0 Å². The van der Waals surface area contributed by atoms with Crippen LogP contribution in [0.2, 0.25) is 0 Å². The van der Waals surface area contributed by atoms with Gasteiger partial charge in [0.15, 0.2) is 0 Å². The number of carbonyl (C=O) groups excluding carboxylic acids is 1. The van der Waals surface area contributed by atoms with Crippen LogP contribution in [0.3, 0.4) is 0 Å². The quantitative estimate of drug-likeness (QED) is 0.861. The van der Waals surface area contributed by atoms with Crippen molar-refractivity contribution in [1.29, 1.82) is 0 Å². The van der Waals surface area contributed by atoms with E-state index in [4.69, 9.17) is 4.74 Å². The minimum Gasteiger partial charge on any atom is -0.465 e. The molecule has 2 aliphatic rings. The predicted molar refractivity (Wildman–Crippen MR) is 79.8 cm³/mol. The largest absolute Gasteiger partial charge is 0.465 e. The highest BCUT2D eigenvalue weighted by Gasteiger charge is 2.57. The molecule has 2 fully saturated rings. The van der Waals surface area contributed by atoms with Crippen LogP contribution in [-0.4, -0.2) is 23.8 Å². The molecule has 0 amide bonds. The summed E-state index contributed by atoms with van der Waals surface area (Å²) in [4.78, 5) is 12.3. The van der Waals surface area contributed by atoms with E-state index in [1.807, 2.05) is 12.1 Å². The first-order valence-corrected chi connectivity index (χ1v) is 7.50. The van der Waals surface area contributed by atoms with Gasteiger partial charge in [-0.05, 0) is 35.6 Å². The number of esters is 1. The Morgan fingerprint density at radius 2 is 2.00 bits per heavy atom. The molecule has 3 heteroatoms. The lowest BCUT2D eigenvalue weighted by molar-refractivity contribution is -0.147. The molecule has 3 nitrogen and oxygen atoms in total. The molecule has 1 N–H and O–H groups in total. The molecule has 3 atom stereocenters. The van der Waals surface area contributed by atoms with Gasteiger partial charge >= 0.3 is 5.97 Å². The van der Waals surface area contributed by atoms with Gasteiger partial charge in [0.05, 0.1) is 18.1 Å². The number of aliphatic hydroxyl groups excluding tert-OH is 1. The maximum Gasteiger partial charge on any atom is 0.312 e. The average molecular weight is 282 g/mol. The molecular formula is C18H18O3. The van der Waals surface area contributed by atoms with Crippen molar-refractivity contribution >= 4 is 16.7 Å². The van der Waals surface area contributed by atoms with Crippen LogP contribution in [0.5, 0.6) is 0 Å². The van der Waals surface area contributed by atoms with E-state index in [0.717, 1.165) is 5.56 Å². The van der Waals surface area contributed by atoms with Crippen LogP contribution >= 0.6 is 0 Å². The third-order valence-corrected chi connectivity index (χ3v) is 5.09. The zero-order chi connectivity index (χ0) is 14.4. The standard InChI is InChI=1S/C18H18O3/c19-16-8-15-11-21-17(20)18(15,10-16)9-12-5-6-13-3-1-2-4-14(13)7-12/h1-7,15-16,19H,8-11H2/t15-,16?,18-/m1/s1. The smallest absolute Gasteiger partial charge is 0.312 e. The van der Waals surface area contributed by atoms with Crippen molar-refractivity contribution in [3.63, 3.8) is 0 Å². The number of fused-ring (bicyclic) bond motifs is 2. The first kappa shape index (κ1) is 12.8. The van der Waals surface area contributed by atoms with Crippen LogP contribution in [0.25, 0.3) is 10.8 Å². The molecule has 1 saturated carbocycles. The van der Waals surface area contributed by atoms with Gasteiger partial charge in [-0.25, -0.2) is 0 Å². The highest BCUT2D eigenvalue weighted by atomic mass is 16.5. The third kappa shape index (κ3) is 1.95. The molecule has 1 aliphatic heterocycles. The van der Waals surface area contributed by atoms with Gasteiger partial charge in [0.1, 0.15) is 0 Å². The molecule has 4 rings (SSSR count). The summed E-state index contributed by atoms with van der Waals surface area (Å²) in [5, 5.41) is 12.4. The second-order valence-corrected chi connectivity index (χ2v) is 6.40. The van der Waals surface area contributed by atoms with Crippen molar-refractivity contribution in [2.24, 2.45) is 11.3 Å². The summed E-state index contributed by atoms with van der Waals surface area (Å²) in [6, 6.07) is 14.6. The SMILES string of the molecule is O=C1OC[C@H]2CC(O)C[C@@]12Cc1ccc2ccccc2c1. The Kier molecular flexibility index (Phi) is 2.79. The molecule has 1 saturated heterocycles. The van der Waals surface area contributed by atoms with Gasteiger partial charge in [0.25, 0.3) is 0 Å². The van der Waals surface area contributed by atoms with E-state index in [1.54, 1.807) is 0 Å². The fourth-order valence-electron chi connectivity index (χ4n) is 4.02. The second kappa shape index (κ2) is 4.57. The molecule has 1 aliphatic carbocycles. The van der Waals surface area contributed by atoms with E-state index in [1.165, 1.54) is 10.8 Å². The van der Waals surface area contributed by atoms with Crippen molar-refractivity contribution in [3.8, 4) is 0 Å². The van der Waals surface area contributed by atoms with Crippen molar-refractivity contribution < 1.29 is 14.6 Å². The van der Waals surface area contributed by atoms with Crippen LogP contribution < -0.4 is 0 Å². The lowest BCUT2D eigenvalue weighted by Gasteiger charge is -2.24. The van der Waals surface area contributed by atoms with Crippen LogP contribution in [-0.2, 0) is 16.0 Å². The van der Waals surface area contributed by atoms with Crippen molar-refractivity contribution in [2.75, 3.05) is 6.61 Å². The second-order valence-electron chi connectivity index (χ2n) is 6.40. The van der Waals surface area contributed by atoms with Gasteiger partial charge in [0, 0.05) is 5.92 Å². The Bertz CT molecular complexity index is 708. The third-order valence-electron chi connectivity index (χ3n) is 5.09. The van der Waals surface area contributed by atoms with Crippen LogP contribution in [0.15, 0.2) is 42.5 Å². The molecule has 108 valence electrons. The number of ether oxygens (including phenoxy) is 1. The molecular weight excluding hydrogens is 264 g/mol. The first-order chi connectivity index (χ1) is 10.2. The molecule has 1 heterocycles. The summed E-state index contributed by atoms with van der Waals surface area (Å²) in [6.07, 6.45) is 1.50. The number of hydrogen-bond acceptors (Lipinski definition) is 3. The van der Waals surface area contributed by atoms with Gasteiger partial charge in [-0.15, -0.1) is 0 Å². The Balaban J connectivity index is 1.71. The summed E-state index contributed by atoms with van der Waals surface area (Å²) in [6.45, 7) is 0.462. The van der Waals surface area contributed by atoms with Crippen LogP contribution in [0.4, 0.5) is 0 Å². The lowest BCUT2D eigenvalue weighted by Crippen LogP contribution is -2.32. The van der Waals surface area contributed by atoms with E-state index in [2.05, 4.69) is 30.3 Å². The normalized spacial score (nSPS) is 31.4. The van der Waals surface area contributed by atoms with Gasteiger partial charge in [-0.2, -0.15) is 0 Å². The summed E-state index contributed by atoms with van der Waals surface area (Å²) in [7, 11) is 0. The topological polar surface area (TPSA) is 46.5 Å². The monoisotopic (exact) mass is 282 g/mol. The molecule has 2 aromatic carbocycles. The van der Waals surface area contributed by atoms with E-state index < -0.39 is 5.41 Å². The molecule has 1 unspecified atom stereocenters. The highest BCUT2D eigenvalue weighted by molar-refractivity contribution is 5.84. The number of rotatable bonds is 2. The number of aliphatic hydroxyl groups is 1. The van der Waals surface area contributed by atoms with Crippen LogP contribution in [0, 0.1) is 11.3 Å². The summed E-state index contributed by atoms with van der Waals surface area (Å²) in [5.74, 6) is 0.0312. The molecule has 0 radical (unpaired) electrons. The molecule has 2 aromatic rings. The Hall–Kier alpha value is -1.87. The summed E-state index contributed by atoms with van der Waals surface area (Å²) < 4.78 is 5.28. The van der Waals surface area contributed by atoms with Gasteiger partial charge in [-0.1, -0.05) is 42.5 Å². The predicted octanol–water partition coefficient (Wildman–Crippen LogP) is 2.70. The minimum atomic E-state index is -0.512. The number of carbonyl (C=O) groups is 1. The average Bonchev–Trinajstić information content (AvgIpc) is 2.94. The molecule has 21 heavy (non-hydrogen) atoms. The number of cyclic esters (lactones) is 1. The van der Waals surface area contributed by atoms with Gasteiger partial charge in [0.2, 0.25) is 0 Å². The van der Waals surface area contributed by atoms with Crippen LogP contribution in [0.1, 0.15) is 18.4 Å². The van der Waals surface area contributed by atoms with E-state index >= 15 is 0 Å². The van der Waals surface area contributed by atoms with Gasteiger partial charge < -0.3 is 9.84 Å². The maximum atomic E-state index is 12.3. The first-order valence-electron chi connectivity index (χ1n) is 7.50. The molecule has 0 bridgehead atoms. The highest BCUT2D eigenvalue weighted by Crippen LogP contribution is 2.50. The molecule has 0 aromatic heterocycles. The molecule has 0 spiro atoms.